The molecule has 0 saturated carbocycles. The van der Waals surface area contributed by atoms with Gasteiger partial charge in [0.1, 0.15) is 18.1 Å². The number of amides is 1. The van der Waals surface area contributed by atoms with Crippen LogP contribution in [0.25, 0.3) is 22.3 Å². The molecule has 0 fully saturated rings. The first-order valence-corrected chi connectivity index (χ1v) is 9.72. The summed E-state index contributed by atoms with van der Waals surface area (Å²) in [6.45, 7) is 2.28. The standard InChI is InChI=1S/C23H18N6O2/c1-15-5-2-8-21(26-15)28-23(30)18-11-20(16-6-3-9-24-12-16)27-22-19(18)13-25-29(22)14-17-7-4-10-31-17/h2-13H,14H2,1H3,(H,26,28,30). The van der Waals surface area contributed by atoms with Crippen molar-refractivity contribution in [1.82, 2.24) is 24.7 Å². The molecule has 0 aromatic carbocycles. The zero-order valence-corrected chi connectivity index (χ0v) is 16.7. The highest BCUT2D eigenvalue weighted by Gasteiger charge is 2.18. The van der Waals surface area contributed by atoms with Gasteiger partial charge in [0.2, 0.25) is 0 Å². The van der Waals surface area contributed by atoms with Gasteiger partial charge in [-0.2, -0.15) is 5.10 Å². The number of anilines is 1. The Morgan fingerprint density at radius 3 is 2.81 bits per heavy atom. The Kier molecular flexibility index (Phi) is 4.72. The molecule has 5 aromatic heterocycles. The third-order valence-corrected chi connectivity index (χ3v) is 4.83. The number of hydrogen-bond acceptors (Lipinski definition) is 6. The number of carbonyl (C=O) groups excluding carboxylic acids is 1. The van der Waals surface area contributed by atoms with Gasteiger partial charge in [0.15, 0.2) is 5.65 Å². The number of furan rings is 1. The van der Waals surface area contributed by atoms with E-state index < -0.39 is 0 Å². The summed E-state index contributed by atoms with van der Waals surface area (Å²) in [5.41, 5.74) is 3.29. The predicted octanol–water partition coefficient (Wildman–Crippen LogP) is 4.09. The van der Waals surface area contributed by atoms with Crippen LogP contribution in [0.3, 0.4) is 0 Å². The number of pyridine rings is 3. The summed E-state index contributed by atoms with van der Waals surface area (Å²) >= 11 is 0. The maximum atomic E-state index is 13.2. The summed E-state index contributed by atoms with van der Waals surface area (Å²) in [5.74, 6) is 0.947. The average Bonchev–Trinajstić information content (AvgIpc) is 3.44. The van der Waals surface area contributed by atoms with E-state index in [4.69, 9.17) is 9.40 Å². The average molecular weight is 410 g/mol. The van der Waals surface area contributed by atoms with Crippen LogP contribution in [0.1, 0.15) is 21.8 Å². The van der Waals surface area contributed by atoms with Gasteiger partial charge in [0.05, 0.1) is 29.1 Å². The van der Waals surface area contributed by atoms with Crippen molar-refractivity contribution in [3.8, 4) is 11.3 Å². The zero-order chi connectivity index (χ0) is 21.2. The minimum atomic E-state index is -0.284. The molecule has 0 aliphatic heterocycles. The highest BCUT2D eigenvalue weighted by atomic mass is 16.3. The lowest BCUT2D eigenvalue weighted by molar-refractivity contribution is 0.102. The van der Waals surface area contributed by atoms with Crippen LogP contribution < -0.4 is 5.32 Å². The van der Waals surface area contributed by atoms with E-state index >= 15 is 0 Å². The smallest absolute Gasteiger partial charge is 0.257 e. The molecule has 8 heteroatoms. The quantitative estimate of drug-likeness (QED) is 0.469. The van der Waals surface area contributed by atoms with Crippen molar-refractivity contribution in [3.05, 3.63) is 90.4 Å². The molecule has 0 radical (unpaired) electrons. The Hall–Kier alpha value is -4.33. The predicted molar refractivity (Wildman–Crippen MR) is 115 cm³/mol. The van der Waals surface area contributed by atoms with E-state index in [0.717, 1.165) is 17.0 Å². The second-order valence-electron chi connectivity index (χ2n) is 7.03. The van der Waals surface area contributed by atoms with E-state index in [1.807, 2.05) is 43.3 Å². The summed E-state index contributed by atoms with van der Waals surface area (Å²) in [4.78, 5) is 26.5. The summed E-state index contributed by atoms with van der Waals surface area (Å²) in [6.07, 6.45) is 6.67. The number of nitrogens with one attached hydrogen (secondary N) is 1. The van der Waals surface area contributed by atoms with Gasteiger partial charge in [0, 0.05) is 23.7 Å². The lowest BCUT2D eigenvalue weighted by Gasteiger charge is -2.09. The Morgan fingerprint density at radius 2 is 2.03 bits per heavy atom. The van der Waals surface area contributed by atoms with Gasteiger partial charge in [-0.1, -0.05) is 6.07 Å². The summed E-state index contributed by atoms with van der Waals surface area (Å²) in [5, 5.41) is 7.97. The first-order valence-electron chi connectivity index (χ1n) is 9.72. The number of aryl methyl sites for hydroxylation is 1. The topological polar surface area (TPSA) is 98.7 Å². The molecule has 0 atom stereocenters. The number of hydrogen-bond donors (Lipinski definition) is 1. The number of fused-ring (bicyclic) bond motifs is 1. The number of nitrogens with zero attached hydrogens (tertiary/aromatic N) is 5. The van der Waals surface area contributed by atoms with Crippen molar-refractivity contribution in [3.63, 3.8) is 0 Å². The van der Waals surface area contributed by atoms with Crippen molar-refractivity contribution in [2.45, 2.75) is 13.5 Å². The van der Waals surface area contributed by atoms with Crippen molar-refractivity contribution < 1.29 is 9.21 Å². The molecule has 0 saturated heterocycles. The zero-order valence-electron chi connectivity index (χ0n) is 16.7. The lowest BCUT2D eigenvalue weighted by Crippen LogP contribution is -2.14. The van der Waals surface area contributed by atoms with Crippen molar-refractivity contribution in [2.24, 2.45) is 0 Å². The molecular formula is C23H18N6O2. The molecule has 152 valence electrons. The highest BCUT2D eigenvalue weighted by molar-refractivity contribution is 6.12. The molecule has 0 aliphatic rings. The van der Waals surface area contributed by atoms with Crippen LogP contribution in [0.4, 0.5) is 5.82 Å². The SMILES string of the molecule is Cc1cccc(NC(=O)c2cc(-c3cccnc3)nc3c2cnn3Cc2ccco2)n1. The monoisotopic (exact) mass is 410 g/mol. The van der Waals surface area contributed by atoms with E-state index in [-0.39, 0.29) is 5.91 Å². The third kappa shape index (κ3) is 3.78. The van der Waals surface area contributed by atoms with Crippen LogP contribution in [0.5, 0.6) is 0 Å². The van der Waals surface area contributed by atoms with Gasteiger partial charge in [-0.05, 0) is 49.4 Å². The van der Waals surface area contributed by atoms with Crippen LogP contribution >= 0.6 is 0 Å². The summed E-state index contributed by atoms with van der Waals surface area (Å²) in [6, 6.07) is 14.7. The minimum absolute atomic E-state index is 0.284. The van der Waals surface area contributed by atoms with Gasteiger partial charge in [-0.15, -0.1) is 0 Å². The third-order valence-electron chi connectivity index (χ3n) is 4.83. The first-order chi connectivity index (χ1) is 15.2. The van der Waals surface area contributed by atoms with Gasteiger partial charge >= 0.3 is 0 Å². The van der Waals surface area contributed by atoms with Gasteiger partial charge in [-0.3, -0.25) is 9.78 Å². The Morgan fingerprint density at radius 1 is 1.10 bits per heavy atom. The lowest BCUT2D eigenvalue weighted by atomic mass is 10.1. The van der Waals surface area contributed by atoms with Crippen LogP contribution in [0.2, 0.25) is 0 Å². The molecule has 0 aliphatic carbocycles. The number of carbonyl (C=O) groups is 1. The van der Waals surface area contributed by atoms with Crippen molar-refractivity contribution >= 4 is 22.8 Å². The Balaban J connectivity index is 1.62. The Labute approximate surface area is 177 Å². The molecule has 8 nitrogen and oxygen atoms in total. The molecule has 31 heavy (non-hydrogen) atoms. The van der Waals surface area contributed by atoms with Gasteiger partial charge in [-0.25, -0.2) is 14.6 Å². The van der Waals surface area contributed by atoms with Crippen molar-refractivity contribution in [2.75, 3.05) is 5.32 Å². The van der Waals surface area contributed by atoms with Gasteiger partial charge < -0.3 is 9.73 Å². The second kappa shape index (κ2) is 7.83. The van der Waals surface area contributed by atoms with Crippen LogP contribution in [-0.2, 0) is 6.54 Å². The first kappa shape index (κ1) is 18.7. The molecule has 5 heterocycles. The molecule has 5 aromatic rings. The van der Waals surface area contributed by atoms with Gasteiger partial charge in [0.25, 0.3) is 5.91 Å². The van der Waals surface area contributed by atoms with E-state index in [1.54, 1.807) is 41.7 Å². The number of rotatable bonds is 5. The normalized spacial score (nSPS) is 11.0. The second-order valence-corrected chi connectivity index (χ2v) is 7.03. The highest BCUT2D eigenvalue weighted by Crippen LogP contribution is 2.25. The molecule has 0 bridgehead atoms. The number of aromatic nitrogens is 5. The summed E-state index contributed by atoms with van der Waals surface area (Å²) in [7, 11) is 0. The molecule has 1 amide bonds. The molecule has 1 N–H and O–H groups in total. The van der Waals surface area contributed by atoms with E-state index in [2.05, 4.69) is 20.4 Å². The molecule has 0 spiro atoms. The van der Waals surface area contributed by atoms with Crippen LogP contribution in [-0.4, -0.2) is 30.6 Å². The largest absolute Gasteiger partial charge is 0.467 e. The fourth-order valence-corrected chi connectivity index (χ4v) is 3.36. The van der Waals surface area contributed by atoms with E-state index in [0.29, 0.717) is 34.7 Å². The molecular weight excluding hydrogens is 392 g/mol. The Bertz CT molecular complexity index is 1360. The van der Waals surface area contributed by atoms with Crippen LogP contribution in [0.15, 0.2) is 77.8 Å². The fourth-order valence-electron chi connectivity index (χ4n) is 3.36. The molecule has 5 rings (SSSR count). The fraction of sp³-hybridized carbons (Fsp3) is 0.0870. The van der Waals surface area contributed by atoms with Crippen LogP contribution in [0, 0.1) is 6.92 Å². The maximum Gasteiger partial charge on any atom is 0.257 e. The minimum Gasteiger partial charge on any atom is -0.467 e. The van der Waals surface area contributed by atoms with Crippen molar-refractivity contribution in [1.29, 1.82) is 0 Å². The maximum absolute atomic E-state index is 13.2. The summed E-state index contributed by atoms with van der Waals surface area (Å²) < 4.78 is 7.17. The van der Waals surface area contributed by atoms with E-state index in [9.17, 15) is 4.79 Å². The van der Waals surface area contributed by atoms with E-state index in [1.165, 1.54) is 0 Å². The molecule has 0 unspecified atom stereocenters.